The zero-order valence-corrected chi connectivity index (χ0v) is 23.1. The average molecular weight is 579 g/mol. The van der Waals surface area contributed by atoms with Crippen LogP contribution in [0.4, 0.5) is 30.2 Å². The third-order valence-electron chi connectivity index (χ3n) is 8.87. The highest BCUT2D eigenvalue weighted by molar-refractivity contribution is 6.30. The van der Waals surface area contributed by atoms with Crippen molar-refractivity contribution in [3.05, 3.63) is 63.2 Å². The molecule has 0 amide bonds. The first kappa shape index (κ1) is 28.7. The molecule has 0 N–H and O–H groups in total. The first-order valence-electron chi connectivity index (χ1n) is 13.9. The number of nitro benzene ring substituents is 1. The van der Waals surface area contributed by atoms with Gasteiger partial charge in [-0.25, -0.2) is 0 Å². The van der Waals surface area contributed by atoms with Gasteiger partial charge in [-0.1, -0.05) is 11.6 Å². The number of benzene rings is 2. The van der Waals surface area contributed by atoms with Gasteiger partial charge in [-0.05, 0) is 80.5 Å². The first-order chi connectivity index (χ1) is 19.1. The second kappa shape index (κ2) is 11.6. The normalized spacial score (nSPS) is 23.8. The zero-order chi connectivity index (χ0) is 28.5. The number of ketones is 1. The van der Waals surface area contributed by atoms with E-state index in [0.29, 0.717) is 31.0 Å². The van der Waals surface area contributed by atoms with Crippen molar-refractivity contribution in [3.8, 4) is 0 Å². The van der Waals surface area contributed by atoms with Crippen LogP contribution in [0, 0.1) is 21.4 Å². The number of rotatable bonds is 8. The van der Waals surface area contributed by atoms with Crippen LogP contribution < -0.4 is 9.80 Å². The third-order valence-corrected chi connectivity index (χ3v) is 9.12. The van der Waals surface area contributed by atoms with Crippen LogP contribution in [0.2, 0.25) is 5.02 Å². The summed E-state index contributed by atoms with van der Waals surface area (Å²) in [6.07, 6.45) is -0.149. The molecule has 2 heterocycles. The van der Waals surface area contributed by atoms with E-state index in [2.05, 4.69) is 9.80 Å². The van der Waals surface area contributed by atoms with E-state index < -0.39 is 22.4 Å². The maximum Gasteiger partial charge on any atom is 0.423 e. The van der Waals surface area contributed by atoms with E-state index in [-0.39, 0.29) is 11.3 Å². The fourth-order valence-electron chi connectivity index (χ4n) is 6.47. The van der Waals surface area contributed by atoms with Crippen molar-refractivity contribution in [1.82, 2.24) is 4.90 Å². The fourth-order valence-corrected chi connectivity index (χ4v) is 6.60. The summed E-state index contributed by atoms with van der Waals surface area (Å²) >= 11 is 5.99. The Morgan fingerprint density at radius 3 is 2.33 bits per heavy atom. The lowest BCUT2D eigenvalue weighted by Gasteiger charge is -2.36. The summed E-state index contributed by atoms with van der Waals surface area (Å²) in [5.74, 6) is 0.347. The Bertz CT molecular complexity index is 1230. The Balaban J connectivity index is 1.08. The molecule has 2 atom stereocenters. The molecule has 5 rings (SSSR count). The SMILES string of the molecule is O=C(CCCN1CCN(c2ccc(Cl)cc2)CC1)C1CC12CCCN(c1ccc([N+](=O)[O-])c(C(F)(F)F)c1)CC2. The molecule has 1 aliphatic carbocycles. The van der Waals surface area contributed by atoms with Crippen molar-refractivity contribution < 1.29 is 22.9 Å². The third kappa shape index (κ3) is 6.38. The van der Waals surface area contributed by atoms with Crippen molar-refractivity contribution in [2.24, 2.45) is 11.3 Å². The summed E-state index contributed by atoms with van der Waals surface area (Å²) in [7, 11) is 0. The molecular weight excluding hydrogens is 545 g/mol. The number of hydrogen-bond acceptors (Lipinski definition) is 6. The quantitative estimate of drug-likeness (QED) is 0.265. The summed E-state index contributed by atoms with van der Waals surface area (Å²) in [4.78, 5) is 29.8. The molecule has 1 saturated carbocycles. The van der Waals surface area contributed by atoms with Gasteiger partial charge in [-0.3, -0.25) is 19.8 Å². The minimum atomic E-state index is -4.80. The number of anilines is 2. The van der Waals surface area contributed by atoms with Crippen LogP contribution >= 0.6 is 11.6 Å². The lowest BCUT2D eigenvalue weighted by Crippen LogP contribution is -2.46. The van der Waals surface area contributed by atoms with Crippen LogP contribution in [-0.4, -0.2) is 61.4 Å². The van der Waals surface area contributed by atoms with Crippen molar-refractivity contribution in [3.63, 3.8) is 0 Å². The number of carbonyl (C=O) groups excluding carboxylic acids is 1. The van der Waals surface area contributed by atoms with Crippen LogP contribution in [0.5, 0.6) is 0 Å². The van der Waals surface area contributed by atoms with Gasteiger partial charge in [0.1, 0.15) is 11.3 Å². The van der Waals surface area contributed by atoms with Crippen molar-refractivity contribution in [2.45, 2.75) is 44.7 Å². The molecule has 1 spiro atoms. The van der Waals surface area contributed by atoms with Crippen LogP contribution in [-0.2, 0) is 11.0 Å². The van der Waals surface area contributed by atoms with E-state index in [1.165, 1.54) is 11.8 Å². The van der Waals surface area contributed by atoms with Crippen LogP contribution in [0.15, 0.2) is 42.5 Å². The number of alkyl halides is 3. The zero-order valence-electron chi connectivity index (χ0n) is 22.3. The molecule has 7 nitrogen and oxygen atoms in total. The maximum atomic E-state index is 13.5. The average Bonchev–Trinajstić information content (AvgIpc) is 3.69. The van der Waals surface area contributed by atoms with Gasteiger partial charge in [0.25, 0.3) is 5.69 Å². The molecule has 3 aliphatic rings. The number of hydrogen-bond donors (Lipinski definition) is 0. The molecule has 40 heavy (non-hydrogen) atoms. The van der Waals surface area contributed by atoms with Crippen molar-refractivity contribution in [1.29, 1.82) is 0 Å². The summed E-state index contributed by atoms with van der Waals surface area (Å²) in [6.45, 7) is 5.80. The van der Waals surface area contributed by atoms with Crippen molar-refractivity contribution >= 4 is 34.4 Å². The summed E-state index contributed by atoms with van der Waals surface area (Å²) in [5, 5.41) is 11.8. The molecule has 2 unspecified atom stereocenters. The Labute approximate surface area is 237 Å². The molecule has 11 heteroatoms. The smallest absolute Gasteiger partial charge is 0.371 e. The van der Waals surface area contributed by atoms with Gasteiger partial charge in [-0.2, -0.15) is 13.2 Å². The second-order valence-corrected chi connectivity index (χ2v) is 11.7. The predicted octanol–water partition coefficient (Wildman–Crippen LogP) is 6.44. The van der Waals surface area contributed by atoms with Gasteiger partial charge >= 0.3 is 6.18 Å². The summed E-state index contributed by atoms with van der Waals surface area (Å²) < 4.78 is 40.4. The van der Waals surface area contributed by atoms with E-state index in [0.717, 1.165) is 82.0 Å². The molecule has 2 aromatic carbocycles. The summed E-state index contributed by atoms with van der Waals surface area (Å²) in [6, 6.07) is 11.1. The van der Waals surface area contributed by atoms with Crippen LogP contribution in [0.1, 0.15) is 44.1 Å². The molecule has 2 saturated heterocycles. The predicted molar refractivity (Wildman–Crippen MR) is 149 cm³/mol. The highest BCUT2D eigenvalue weighted by Crippen LogP contribution is 2.60. The highest BCUT2D eigenvalue weighted by Gasteiger charge is 2.56. The number of nitrogens with zero attached hydrogens (tertiary/aromatic N) is 4. The molecular formula is C29H34ClF3N4O3. The number of nitro groups is 1. The fraction of sp³-hybridized carbons (Fsp3) is 0.552. The molecule has 216 valence electrons. The molecule has 0 radical (unpaired) electrons. The number of Topliss-reactive ketones (excluding diaryl/α,β-unsaturated/α-hetero) is 1. The van der Waals surface area contributed by atoms with Gasteiger partial charge in [0.2, 0.25) is 0 Å². The second-order valence-electron chi connectivity index (χ2n) is 11.3. The van der Waals surface area contributed by atoms with E-state index in [9.17, 15) is 28.1 Å². The van der Waals surface area contributed by atoms with E-state index >= 15 is 0 Å². The van der Waals surface area contributed by atoms with Crippen LogP contribution in [0.25, 0.3) is 0 Å². The standard InChI is InChI=1S/C29H34ClF3N4O3/c30-21-4-6-22(7-5-21)36-17-15-34(16-18-36)12-1-3-27(38)25-20-28(25)10-2-13-35(14-11-28)23-8-9-26(37(39)40)24(19-23)29(31,32)33/h4-9,19,25H,1-3,10-18,20H2. The van der Waals surface area contributed by atoms with Crippen LogP contribution in [0.3, 0.4) is 0 Å². The molecule has 0 bridgehead atoms. The molecule has 0 aromatic heterocycles. The molecule has 2 aromatic rings. The summed E-state index contributed by atoms with van der Waals surface area (Å²) in [5.41, 5.74) is -0.688. The first-order valence-corrected chi connectivity index (χ1v) is 14.3. The Hall–Kier alpha value is -2.85. The largest absolute Gasteiger partial charge is 0.423 e. The number of piperazine rings is 1. The topological polar surface area (TPSA) is 69.9 Å². The number of halogens is 4. The lowest BCUT2D eigenvalue weighted by atomic mass is 9.92. The Morgan fingerprint density at radius 1 is 0.975 bits per heavy atom. The Kier molecular flexibility index (Phi) is 8.29. The highest BCUT2D eigenvalue weighted by atomic mass is 35.5. The van der Waals surface area contributed by atoms with Gasteiger partial charge in [0.15, 0.2) is 0 Å². The van der Waals surface area contributed by atoms with Gasteiger partial charge in [0, 0.05) is 74.1 Å². The van der Waals surface area contributed by atoms with E-state index in [1.807, 2.05) is 29.2 Å². The molecule has 3 fully saturated rings. The lowest BCUT2D eigenvalue weighted by molar-refractivity contribution is -0.388. The number of carbonyl (C=O) groups is 1. The monoisotopic (exact) mass is 578 g/mol. The Morgan fingerprint density at radius 2 is 1.65 bits per heavy atom. The van der Waals surface area contributed by atoms with Crippen molar-refractivity contribution in [2.75, 3.05) is 55.6 Å². The van der Waals surface area contributed by atoms with E-state index in [4.69, 9.17) is 11.6 Å². The van der Waals surface area contributed by atoms with E-state index in [1.54, 1.807) is 0 Å². The van der Waals surface area contributed by atoms with Gasteiger partial charge < -0.3 is 9.80 Å². The maximum absolute atomic E-state index is 13.5. The van der Waals surface area contributed by atoms with Gasteiger partial charge in [0.05, 0.1) is 4.92 Å². The minimum Gasteiger partial charge on any atom is -0.371 e. The van der Waals surface area contributed by atoms with Gasteiger partial charge in [-0.15, -0.1) is 0 Å². The molecule has 2 aliphatic heterocycles. The minimum absolute atomic E-state index is 0.0387.